The van der Waals surface area contributed by atoms with Gasteiger partial charge in [-0.2, -0.15) is 0 Å². The minimum absolute atomic E-state index is 0.122. The van der Waals surface area contributed by atoms with E-state index in [9.17, 15) is 8.42 Å². The number of sulfone groups is 1. The zero-order chi connectivity index (χ0) is 15.5. The molecule has 0 saturated carbocycles. The first kappa shape index (κ1) is 16.4. The van der Waals surface area contributed by atoms with Gasteiger partial charge in [-0.05, 0) is 31.5 Å². The second kappa shape index (κ2) is 6.44. The smallest absolute Gasteiger partial charge is 0.179 e. The van der Waals surface area contributed by atoms with E-state index in [4.69, 9.17) is 10.5 Å². The van der Waals surface area contributed by atoms with Crippen molar-refractivity contribution in [2.24, 2.45) is 5.73 Å². The number of morpholine rings is 1. The summed E-state index contributed by atoms with van der Waals surface area (Å²) in [5, 5.41) is 0. The zero-order valence-electron chi connectivity index (χ0n) is 12.7. The van der Waals surface area contributed by atoms with Gasteiger partial charge in [0.25, 0.3) is 0 Å². The fourth-order valence-corrected chi connectivity index (χ4v) is 3.89. The van der Waals surface area contributed by atoms with Crippen molar-refractivity contribution >= 4 is 9.84 Å². The fourth-order valence-electron chi connectivity index (χ4n) is 2.54. The van der Waals surface area contributed by atoms with Gasteiger partial charge in [-0.1, -0.05) is 12.1 Å². The lowest BCUT2D eigenvalue weighted by atomic mass is 10.1. The van der Waals surface area contributed by atoms with Crippen molar-refractivity contribution < 1.29 is 13.2 Å². The lowest BCUT2D eigenvalue weighted by Crippen LogP contribution is -2.49. The van der Waals surface area contributed by atoms with Crippen molar-refractivity contribution in [1.82, 2.24) is 4.90 Å². The van der Waals surface area contributed by atoms with Gasteiger partial charge < -0.3 is 10.5 Å². The molecular formula is C15H24N2O3S. The Morgan fingerprint density at radius 1 is 1.38 bits per heavy atom. The Balaban J connectivity index is 2.01. The van der Waals surface area contributed by atoms with Gasteiger partial charge >= 0.3 is 0 Å². The van der Waals surface area contributed by atoms with Gasteiger partial charge in [-0.15, -0.1) is 0 Å². The minimum atomic E-state index is -3.27. The lowest BCUT2D eigenvalue weighted by Gasteiger charge is -2.38. The molecule has 118 valence electrons. The van der Waals surface area contributed by atoms with Crippen LogP contribution in [0.15, 0.2) is 29.2 Å². The molecule has 1 aliphatic heterocycles. The van der Waals surface area contributed by atoms with E-state index in [1.54, 1.807) is 18.2 Å². The van der Waals surface area contributed by atoms with Crippen molar-refractivity contribution in [2.75, 3.05) is 32.0 Å². The summed E-state index contributed by atoms with van der Waals surface area (Å²) in [4.78, 5) is 2.51. The molecule has 0 spiro atoms. The molecule has 1 fully saturated rings. The van der Waals surface area contributed by atoms with Crippen molar-refractivity contribution in [3.05, 3.63) is 29.8 Å². The molecule has 2 rings (SSSR count). The Kier molecular flexibility index (Phi) is 5.03. The number of benzene rings is 1. The third-order valence-corrected chi connectivity index (χ3v) is 5.37. The highest BCUT2D eigenvalue weighted by Crippen LogP contribution is 2.18. The van der Waals surface area contributed by atoms with Gasteiger partial charge in [0.2, 0.25) is 0 Å². The maximum atomic E-state index is 12.4. The van der Waals surface area contributed by atoms with Crippen molar-refractivity contribution in [2.45, 2.75) is 30.9 Å². The average molecular weight is 312 g/mol. The van der Waals surface area contributed by atoms with Gasteiger partial charge in [-0.25, -0.2) is 8.42 Å². The monoisotopic (exact) mass is 312 g/mol. The SMILES string of the molecule is CC1(C)CN(CCS(=O)(=O)c2cccc(CN)c2)CCO1. The quantitative estimate of drug-likeness (QED) is 0.879. The van der Waals surface area contributed by atoms with Crippen LogP contribution >= 0.6 is 0 Å². The number of hydrogen-bond acceptors (Lipinski definition) is 5. The number of hydrogen-bond donors (Lipinski definition) is 1. The topological polar surface area (TPSA) is 72.6 Å². The maximum Gasteiger partial charge on any atom is 0.179 e. The van der Waals surface area contributed by atoms with Crippen LogP contribution in [0.3, 0.4) is 0 Å². The van der Waals surface area contributed by atoms with E-state index in [0.717, 1.165) is 18.7 Å². The van der Waals surface area contributed by atoms with Crippen molar-refractivity contribution in [3.63, 3.8) is 0 Å². The van der Waals surface area contributed by atoms with Crippen LogP contribution in [0.1, 0.15) is 19.4 Å². The first-order valence-electron chi connectivity index (χ1n) is 7.20. The fraction of sp³-hybridized carbons (Fsp3) is 0.600. The Hall–Kier alpha value is -0.950. The molecule has 0 amide bonds. The van der Waals surface area contributed by atoms with Gasteiger partial charge in [0, 0.05) is 26.2 Å². The summed E-state index contributed by atoms with van der Waals surface area (Å²) >= 11 is 0. The second-order valence-electron chi connectivity index (χ2n) is 6.05. The predicted octanol–water partition coefficient (Wildman–Crippen LogP) is 1.03. The van der Waals surface area contributed by atoms with Crippen LogP contribution < -0.4 is 5.73 Å². The minimum Gasteiger partial charge on any atom is -0.373 e. The molecule has 1 aromatic rings. The molecule has 2 N–H and O–H groups in total. The lowest BCUT2D eigenvalue weighted by molar-refractivity contribution is -0.0843. The molecule has 0 bridgehead atoms. The van der Waals surface area contributed by atoms with E-state index < -0.39 is 9.84 Å². The first-order chi connectivity index (χ1) is 9.82. The van der Waals surface area contributed by atoms with Crippen LogP contribution in [-0.4, -0.2) is 50.9 Å². The summed E-state index contributed by atoms with van der Waals surface area (Å²) in [5.41, 5.74) is 6.20. The van der Waals surface area contributed by atoms with Gasteiger partial charge in [0.05, 0.1) is 22.9 Å². The van der Waals surface area contributed by atoms with Crippen LogP contribution in [-0.2, 0) is 21.1 Å². The molecule has 0 atom stereocenters. The van der Waals surface area contributed by atoms with E-state index in [0.29, 0.717) is 24.6 Å². The number of nitrogens with two attached hydrogens (primary N) is 1. The van der Waals surface area contributed by atoms with Crippen molar-refractivity contribution in [1.29, 1.82) is 0 Å². The van der Waals surface area contributed by atoms with Gasteiger partial charge in [0.15, 0.2) is 9.84 Å². The normalized spacial score (nSPS) is 19.6. The standard InChI is InChI=1S/C15H24N2O3S/c1-15(2)12-17(6-8-20-15)7-9-21(18,19)14-5-3-4-13(10-14)11-16/h3-5,10H,6-9,11-12,16H2,1-2H3. The summed E-state index contributed by atoms with van der Waals surface area (Å²) in [6.45, 7) is 7.11. The summed E-state index contributed by atoms with van der Waals surface area (Å²) in [6.07, 6.45) is 0. The first-order valence-corrected chi connectivity index (χ1v) is 8.86. The largest absolute Gasteiger partial charge is 0.373 e. The highest BCUT2D eigenvalue weighted by atomic mass is 32.2. The Morgan fingerprint density at radius 3 is 2.81 bits per heavy atom. The predicted molar refractivity (Wildman–Crippen MR) is 82.9 cm³/mol. The van der Waals surface area contributed by atoms with E-state index in [-0.39, 0.29) is 11.4 Å². The highest BCUT2D eigenvalue weighted by Gasteiger charge is 2.28. The highest BCUT2D eigenvalue weighted by molar-refractivity contribution is 7.91. The molecular weight excluding hydrogens is 288 g/mol. The van der Waals surface area contributed by atoms with Crippen molar-refractivity contribution in [3.8, 4) is 0 Å². The van der Waals surface area contributed by atoms with Crippen LogP contribution in [0.4, 0.5) is 0 Å². The molecule has 1 saturated heterocycles. The molecule has 0 unspecified atom stereocenters. The summed E-state index contributed by atoms with van der Waals surface area (Å²) in [7, 11) is -3.27. The molecule has 1 aliphatic rings. The van der Waals surface area contributed by atoms with E-state index in [1.807, 2.05) is 19.9 Å². The summed E-state index contributed by atoms with van der Waals surface area (Å²) < 4.78 is 30.4. The zero-order valence-corrected chi connectivity index (χ0v) is 13.5. The van der Waals surface area contributed by atoms with Crippen LogP contribution in [0.2, 0.25) is 0 Å². The van der Waals surface area contributed by atoms with Gasteiger partial charge in [0.1, 0.15) is 0 Å². The van der Waals surface area contributed by atoms with Gasteiger partial charge in [-0.3, -0.25) is 4.90 Å². The molecule has 0 radical (unpaired) electrons. The Morgan fingerprint density at radius 2 is 2.14 bits per heavy atom. The molecule has 5 nitrogen and oxygen atoms in total. The molecule has 0 aliphatic carbocycles. The molecule has 6 heteroatoms. The molecule has 1 aromatic carbocycles. The van der Waals surface area contributed by atoms with E-state index in [1.165, 1.54) is 0 Å². The Labute approximate surface area is 127 Å². The second-order valence-corrected chi connectivity index (χ2v) is 8.16. The van der Waals surface area contributed by atoms with E-state index in [2.05, 4.69) is 4.90 Å². The molecule has 1 heterocycles. The maximum absolute atomic E-state index is 12.4. The third-order valence-electron chi connectivity index (χ3n) is 3.67. The Bertz CT molecular complexity index is 584. The summed E-state index contributed by atoms with van der Waals surface area (Å²) in [6, 6.07) is 6.88. The number of ether oxygens (including phenoxy) is 1. The summed E-state index contributed by atoms with van der Waals surface area (Å²) in [5.74, 6) is 0.122. The number of nitrogens with zero attached hydrogens (tertiary/aromatic N) is 1. The third kappa shape index (κ3) is 4.51. The average Bonchev–Trinajstić information content (AvgIpc) is 2.44. The molecule has 0 aromatic heterocycles. The van der Waals surface area contributed by atoms with E-state index >= 15 is 0 Å². The van der Waals surface area contributed by atoms with Crippen LogP contribution in [0.5, 0.6) is 0 Å². The van der Waals surface area contributed by atoms with Crippen LogP contribution in [0, 0.1) is 0 Å². The van der Waals surface area contributed by atoms with Crippen LogP contribution in [0.25, 0.3) is 0 Å². The number of rotatable bonds is 5. The molecule has 21 heavy (non-hydrogen) atoms.